The third-order valence-electron chi connectivity index (χ3n) is 5.59. The Kier molecular flexibility index (Phi) is 7.96. The molecule has 0 heterocycles. The lowest BCUT2D eigenvalue weighted by Crippen LogP contribution is -2.51. The summed E-state index contributed by atoms with van der Waals surface area (Å²) >= 11 is 0. The molecule has 0 aromatic heterocycles. The number of nitrogens with one attached hydrogen (secondary N) is 3. The van der Waals surface area contributed by atoms with Crippen molar-refractivity contribution in [3.05, 3.63) is 71.8 Å². The Morgan fingerprint density at radius 1 is 0.938 bits per heavy atom. The van der Waals surface area contributed by atoms with Crippen molar-refractivity contribution in [1.29, 1.82) is 0 Å². The summed E-state index contributed by atoms with van der Waals surface area (Å²) in [6, 6.07) is 16.8. The van der Waals surface area contributed by atoms with Crippen LogP contribution in [0.1, 0.15) is 35.2 Å². The van der Waals surface area contributed by atoms with Gasteiger partial charge in [0, 0.05) is 18.0 Å². The van der Waals surface area contributed by atoms with Crippen LogP contribution in [0.4, 0.5) is 0 Å². The topological polar surface area (TPSA) is 130 Å². The van der Waals surface area contributed by atoms with E-state index in [1.165, 1.54) is 0 Å². The minimum atomic E-state index is -0.859. The van der Waals surface area contributed by atoms with Crippen molar-refractivity contribution in [1.82, 2.24) is 16.0 Å². The highest BCUT2D eigenvalue weighted by Gasteiger charge is 2.32. The lowest BCUT2D eigenvalue weighted by Gasteiger charge is -2.20. The summed E-state index contributed by atoms with van der Waals surface area (Å²) in [7, 11) is 0. The summed E-state index contributed by atoms with van der Waals surface area (Å²) in [6.07, 6.45) is 2.42. The molecule has 8 nitrogen and oxygen atoms in total. The van der Waals surface area contributed by atoms with Crippen LogP contribution in [0.2, 0.25) is 0 Å². The lowest BCUT2D eigenvalue weighted by molar-refractivity contribution is -0.128. The van der Waals surface area contributed by atoms with Gasteiger partial charge in [-0.15, -0.1) is 0 Å². The van der Waals surface area contributed by atoms with Crippen molar-refractivity contribution in [2.45, 2.75) is 37.8 Å². The van der Waals surface area contributed by atoms with Crippen LogP contribution in [0.15, 0.2) is 60.7 Å². The molecule has 0 saturated heterocycles. The molecular formula is C24H28N4O4. The van der Waals surface area contributed by atoms with Crippen molar-refractivity contribution >= 4 is 23.6 Å². The number of rotatable bonds is 9. The van der Waals surface area contributed by atoms with Crippen molar-refractivity contribution in [3.8, 4) is 0 Å². The molecule has 3 rings (SSSR count). The van der Waals surface area contributed by atoms with Crippen LogP contribution in [0.5, 0.6) is 0 Å². The highest BCUT2D eigenvalue weighted by atomic mass is 16.2. The van der Waals surface area contributed by atoms with Crippen LogP contribution in [0, 0.1) is 5.92 Å². The molecule has 1 fully saturated rings. The molecule has 2 aromatic rings. The van der Waals surface area contributed by atoms with Crippen LogP contribution in [-0.2, 0) is 20.8 Å². The van der Waals surface area contributed by atoms with E-state index >= 15 is 0 Å². The van der Waals surface area contributed by atoms with Crippen molar-refractivity contribution in [2.75, 3.05) is 6.54 Å². The lowest BCUT2D eigenvalue weighted by atomic mass is 10.0. The Balaban J connectivity index is 1.60. The van der Waals surface area contributed by atoms with Gasteiger partial charge in [-0.05, 0) is 30.5 Å². The van der Waals surface area contributed by atoms with Crippen LogP contribution >= 0.6 is 0 Å². The number of amides is 4. The van der Waals surface area contributed by atoms with E-state index in [0.29, 0.717) is 18.4 Å². The molecule has 3 atom stereocenters. The largest absolute Gasteiger partial charge is 0.369 e. The molecule has 8 heteroatoms. The van der Waals surface area contributed by atoms with Gasteiger partial charge in [0.05, 0.1) is 12.5 Å². The number of hydrogen-bond donors (Lipinski definition) is 4. The molecule has 1 saturated carbocycles. The highest BCUT2D eigenvalue weighted by molar-refractivity contribution is 5.98. The van der Waals surface area contributed by atoms with E-state index in [-0.39, 0.29) is 30.8 Å². The third kappa shape index (κ3) is 6.41. The van der Waals surface area contributed by atoms with E-state index in [1.807, 2.05) is 30.3 Å². The van der Waals surface area contributed by atoms with Gasteiger partial charge in [-0.1, -0.05) is 55.0 Å². The molecule has 0 radical (unpaired) electrons. The van der Waals surface area contributed by atoms with Crippen LogP contribution in [0.3, 0.4) is 0 Å². The molecule has 1 aliphatic carbocycles. The molecule has 2 aromatic carbocycles. The highest BCUT2D eigenvalue weighted by Crippen LogP contribution is 2.25. The first-order chi connectivity index (χ1) is 15.4. The second-order valence-corrected chi connectivity index (χ2v) is 7.91. The number of carbonyl (C=O) groups excluding carboxylic acids is 4. The number of nitrogens with two attached hydrogens (primary N) is 1. The van der Waals surface area contributed by atoms with Crippen molar-refractivity contribution < 1.29 is 19.2 Å². The monoisotopic (exact) mass is 436 g/mol. The molecule has 168 valence electrons. The Hall–Kier alpha value is -3.68. The fraction of sp³-hybridized carbons (Fsp3) is 0.333. The summed E-state index contributed by atoms with van der Waals surface area (Å²) in [5.74, 6) is -2.05. The first kappa shape index (κ1) is 23.0. The van der Waals surface area contributed by atoms with Crippen LogP contribution in [-0.4, -0.2) is 42.3 Å². The van der Waals surface area contributed by atoms with E-state index in [2.05, 4.69) is 16.0 Å². The zero-order valence-corrected chi connectivity index (χ0v) is 17.8. The predicted molar refractivity (Wildman–Crippen MR) is 119 cm³/mol. The SMILES string of the molecule is NC(=O)[C@@H]1CCC[C@@H]1NC(=O)CNC(=O)[C@H](Cc1ccccc1)NC(=O)c1ccccc1. The molecule has 5 N–H and O–H groups in total. The smallest absolute Gasteiger partial charge is 0.251 e. The van der Waals surface area contributed by atoms with Crippen LogP contribution < -0.4 is 21.7 Å². The average Bonchev–Trinajstić information content (AvgIpc) is 3.26. The maximum atomic E-state index is 12.8. The van der Waals surface area contributed by atoms with E-state index in [4.69, 9.17) is 5.73 Å². The third-order valence-corrected chi connectivity index (χ3v) is 5.59. The summed E-state index contributed by atoms with van der Waals surface area (Å²) in [4.78, 5) is 49.3. The Bertz CT molecular complexity index is 949. The molecule has 4 amide bonds. The van der Waals surface area contributed by atoms with Gasteiger partial charge in [0.1, 0.15) is 6.04 Å². The molecule has 1 aliphatic rings. The first-order valence-corrected chi connectivity index (χ1v) is 10.7. The summed E-state index contributed by atoms with van der Waals surface area (Å²) in [6.45, 7) is -0.257. The molecule has 0 spiro atoms. The summed E-state index contributed by atoms with van der Waals surface area (Å²) in [5.41, 5.74) is 6.71. The van der Waals surface area contributed by atoms with Crippen molar-refractivity contribution in [2.24, 2.45) is 11.7 Å². The predicted octanol–water partition coefficient (Wildman–Crippen LogP) is 0.914. The van der Waals surface area contributed by atoms with E-state index in [9.17, 15) is 19.2 Å². The standard InChI is InChI=1S/C24H28N4O4/c25-22(30)18-12-7-13-19(18)27-21(29)15-26-24(32)20(14-16-8-3-1-4-9-16)28-23(31)17-10-5-2-6-11-17/h1-6,8-11,18-20H,7,12-15H2,(H2,25,30)(H,26,32)(H,27,29)(H,28,31)/t18-,19+,20+/m1/s1. The van der Waals surface area contributed by atoms with Crippen LogP contribution in [0.25, 0.3) is 0 Å². The van der Waals surface area contributed by atoms with Gasteiger partial charge < -0.3 is 21.7 Å². The molecule has 0 bridgehead atoms. The number of hydrogen-bond acceptors (Lipinski definition) is 4. The van der Waals surface area contributed by atoms with Gasteiger partial charge >= 0.3 is 0 Å². The van der Waals surface area contributed by atoms with E-state index in [1.54, 1.807) is 30.3 Å². The molecule has 0 unspecified atom stereocenters. The van der Waals surface area contributed by atoms with Gasteiger partial charge in [-0.25, -0.2) is 0 Å². The minimum Gasteiger partial charge on any atom is -0.369 e. The fourth-order valence-corrected chi connectivity index (χ4v) is 3.91. The number of primary amides is 1. The van der Waals surface area contributed by atoms with Gasteiger partial charge in [0.2, 0.25) is 17.7 Å². The quantitative estimate of drug-likeness (QED) is 0.465. The van der Waals surface area contributed by atoms with E-state index < -0.39 is 23.8 Å². The van der Waals surface area contributed by atoms with Crippen molar-refractivity contribution in [3.63, 3.8) is 0 Å². The minimum absolute atomic E-state index is 0.257. The van der Waals surface area contributed by atoms with E-state index in [0.717, 1.165) is 12.0 Å². The average molecular weight is 437 g/mol. The Morgan fingerprint density at radius 3 is 2.25 bits per heavy atom. The number of carbonyl (C=O) groups is 4. The van der Waals surface area contributed by atoms with Gasteiger partial charge in [-0.3, -0.25) is 19.2 Å². The second kappa shape index (κ2) is 11.1. The molecule has 0 aliphatic heterocycles. The Labute approximate surface area is 186 Å². The maximum absolute atomic E-state index is 12.8. The first-order valence-electron chi connectivity index (χ1n) is 10.7. The fourth-order valence-electron chi connectivity index (χ4n) is 3.91. The zero-order chi connectivity index (χ0) is 22.9. The normalized spacial score (nSPS) is 18.4. The zero-order valence-electron chi connectivity index (χ0n) is 17.8. The summed E-state index contributed by atoms with van der Waals surface area (Å²) < 4.78 is 0. The summed E-state index contributed by atoms with van der Waals surface area (Å²) in [5, 5.41) is 8.13. The van der Waals surface area contributed by atoms with Gasteiger partial charge in [0.15, 0.2) is 0 Å². The Morgan fingerprint density at radius 2 is 1.59 bits per heavy atom. The maximum Gasteiger partial charge on any atom is 0.251 e. The molecule has 32 heavy (non-hydrogen) atoms. The van der Waals surface area contributed by atoms with Gasteiger partial charge in [-0.2, -0.15) is 0 Å². The number of benzene rings is 2. The second-order valence-electron chi connectivity index (χ2n) is 7.91. The molecular weight excluding hydrogens is 408 g/mol. The van der Waals surface area contributed by atoms with Gasteiger partial charge in [0.25, 0.3) is 5.91 Å².